The monoisotopic (exact) mass is 296 g/mol. The van der Waals surface area contributed by atoms with Crippen molar-refractivity contribution in [1.82, 2.24) is 9.78 Å². The number of sulfone groups is 1. The van der Waals surface area contributed by atoms with Crippen molar-refractivity contribution in [3.8, 4) is 0 Å². The van der Waals surface area contributed by atoms with Gasteiger partial charge in [-0.3, -0.25) is 9.48 Å². The highest BCUT2D eigenvalue weighted by molar-refractivity contribution is 7.91. The number of amides is 1. The molecular formula is C7H12N4O5S2. The van der Waals surface area contributed by atoms with Crippen LogP contribution < -0.4 is 10.5 Å². The Morgan fingerprint density at radius 1 is 1.44 bits per heavy atom. The number of nitrogens with zero attached hydrogens (tertiary/aromatic N) is 2. The molecule has 1 amide bonds. The molecule has 0 saturated carbocycles. The molecule has 1 rings (SSSR count). The molecule has 0 radical (unpaired) electrons. The van der Waals surface area contributed by atoms with E-state index in [-0.39, 0.29) is 10.7 Å². The number of rotatable bonds is 4. The first-order valence-electron chi connectivity index (χ1n) is 4.53. The van der Waals surface area contributed by atoms with E-state index in [9.17, 15) is 21.6 Å². The maximum Gasteiger partial charge on any atom is 0.243 e. The molecule has 0 aromatic carbocycles. The maximum atomic E-state index is 11.3. The van der Waals surface area contributed by atoms with Crippen molar-refractivity contribution in [2.24, 2.45) is 12.2 Å². The molecule has 0 bridgehead atoms. The molecule has 0 atom stereocenters. The van der Waals surface area contributed by atoms with Gasteiger partial charge in [-0.05, 0) is 0 Å². The second-order valence-electron chi connectivity index (χ2n) is 3.68. The van der Waals surface area contributed by atoms with Gasteiger partial charge in [-0.25, -0.2) is 22.0 Å². The molecule has 11 heteroatoms. The first kappa shape index (κ1) is 14.6. The van der Waals surface area contributed by atoms with Crippen molar-refractivity contribution in [1.29, 1.82) is 0 Å². The number of hydrogen-bond donors (Lipinski definition) is 2. The van der Waals surface area contributed by atoms with Crippen LogP contribution >= 0.6 is 0 Å². The summed E-state index contributed by atoms with van der Waals surface area (Å²) in [6.45, 7) is 0. The lowest BCUT2D eigenvalue weighted by atomic mass is 10.6. The molecule has 1 aromatic rings. The second-order valence-corrected chi connectivity index (χ2v) is 7.35. The van der Waals surface area contributed by atoms with E-state index in [1.807, 2.05) is 0 Å². The number of carbonyl (C=O) groups excluding carboxylic acids is 1. The van der Waals surface area contributed by atoms with E-state index in [0.717, 1.165) is 17.1 Å². The molecule has 0 spiro atoms. The molecule has 18 heavy (non-hydrogen) atoms. The molecule has 0 unspecified atom stereocenters. The lowest BCUT2D eigenvalue weighted by Gasteiger charge is -2.02. The van der Waals surface area contributed by atoms with Gasteiger partial charge in [0.1, 0.15) is 10.6 Å². The molecule has 9 nitrogen and oxygen atoms in total. The van der Waals surface area contributed by atoms with Gasteiger partial charge in [-0.2, -0.15) is 5.10 Å². The van der Waals surface area contributed by atoms with Crippen molar-refractivity contribution in [2.45, 2.75) is 4.90 Å². The average Bonchev–Trinajstić information content (AvgIpc) is 2.41. The van der Waals surface area contributed by atoms with Crippen molar-refractivity contribution in [3.05, 3.63) is 6.20 Å². The number of aromatic nitrogens is 2. The number of nitrogens with one attached hydrogen (secondary N) is 1. The van der Waals surface area contributed by atoms with Crippen LogP contribution in [0.1, 0.15) is 0 Å². The lowest BCUT2D eigenvalue weighted by molar-refractivity contribution is -0.113. The average molecular weight is 296 g/mol. The Bertz CT molecular complexity index is 673. The molecule has 1 aromatic heterocycles. The molecule has 1 heterocycles. The Balaban J connectivity index is 3.03. The fourth-order valence-corrected chi connectivity index (χ4v) is 2.38. The number of aryl methyl sites for hydroxylation is 1. The molecule has 0 saturated heterocycles. The van der Waals surface area contributed by atoms with Crippen molar-refractivity contribution in [3.63, 3.8) is 0 Å². The van der Waals surface area contributed by atoms with Gasteiger partial charge < -0.3 is 5.32 Å². The Morgan fingerprint density at radius 2 is 2.00 bits per heavy atom. The Kier molecular flexibility index (Phi) is 3.78. The van der Waals surface area contributed by atoms with E-state index < -0.39 is 31.5 Å². The maximum absolute atomic E-state index is 11.3. The Labute approximate surface area is 104 Å². The lowest BCUT2D eigenvalue weighted by Crippen LogP contribution is -2.23. The third-order valence-corrected chi connectivity index (χ3v) is 3.45. The summed E-state index contributed by atoms with van der Waals surface area (Å²) in [4.78, 5) is 11.0. The standard InChI is InChI=1S/C7H12N4O5S2/c1-11-3-5(18(8,15)16)7(10-11)9-6(12)4-17(2,13)14/h3H,4H2,1-2H3,(H2,8,15,16)(H,9,10,12). The number of sulfonamides is 1. The van der Waals surface area contributed by atoms with Gasteiger partial charge in [-0.1, -0.05) is 0 Å². The summed E-state index contributed by atoms with van der Waals surface area (Å²) in [7, 11) is -6.13. The molecule has 102 valence electrons. The summed E-state index contributed by atoms with van der Waals surface area (Å²) in [5.74, 6) is -1.96. The van der Waals surface area contributed by atoms with E-state index in [1.54, 1.807) is 0 Å². The van der Waals surface area contributed by atoms with Crippen LogP contribution in [0.4, 0.5) is 5.82 Å². The third kappa shape index (κ3) is 4.09. The third-order valence-electron chi connectivity index (χ3n) is 1.75. The van der Waals surface area contributed by atoms with E-state index in [0.29, 0.717) is 0 Å². The van der Waals surface area contributed by atoms with Crippen LogP contribution in [0.15, 0.2) is 11.1 Å². The molecule has 0 aliphatic heterocycles. The van der Waals surface area contributed by atoms with Crippen LogP contribution in [-0.4, -0.2) is 44.5 Å². The van der Waals surface area contributed by atoms with E-state index in [2.05, 4.69) is 10.4 Å². The van der Waals surface area contributed by atoms with Gasteiger partial charge in [-0.15, -0.1) is 0 Å². The quantitative estimate of drug-likeness (QED) is 0.661. The molecule has 3 N–H and O–H groups in total. The number of nitrogens with two attached hydrogens (primary N) is 1. The summed E-state index contributed by atoms with van der Waals surface area (Å²) in [5, 5.41) is 10.7. The first-order valence-corrected chi connectivity index (χ1v) is 8.14. The van der Waals surface area contributed by atoms with Crippen LogP contribution in [0.5, 0.6) is 0 Å². The Hall–Kier alpha value is -1.46. The fraction of sp³-hybridized carbons (Fsp3) is 0.429. The van der Waals surface area contributed by atoms with E-state index in [1.165, 1.54) is 7.05 Å². The van der Waals surface area contributed by atoms with Gasteiger partial charge in [0.15, 0.2) is 15.7 Å². The zero-order chi connectivity index (χ0) is 14.1. The van der Waals surface area contributed by atoms with E-state index in [4.69, 9.17) is 5.14 Å². The van der Waals surface area contributed by atoms with Gasteiger partial charge in [0.05, 0.1) is 0 Å². The summed E-state index contributed by atoms with van der Waals surface area (Å²) >= 11 is 0. The largest absolute Gasteiger partial charge is 0.307 e. The summed E-state index contributed by atoms with van der Waals surface area (Å²) < 4.78 is 45.3. The predicted octanol–water partition coefficient (Wildman–Crippen LogP) is -1.95. The van der Waals surface area contributed by atoms with E-state index >= 15 is 0 Å². The summed E-state index contributed by atoms with van der Waals surface area (Å²) in [5.41, 5.74) is 0. The SMILES string of the molecule is Cn1cc(S(N)(=O)=O)c(NC(=O)CS(C)(=O)=O)n1. The number of carbonyl (C=O) groups is 1. The minimum atomic E-state index is -4.05. The number of hydrogen-bond acceptors (Lipinski definition) is 6. The number of primary sulfonamides is 1. The van der Waals surface area contributed by atoms with Gasteiger partial charge in [0.2, 0.25) is 15.9 Å². The fourth-order valence-electron chi connectivity index (χ4n) is 1.17. The second kappa shape index (κ2) is 4.66. The molecule has 0 aliphatic rings. The summed E-state index contributed by atoms with van der Waals surface area (Å²) in [6, 6.07) is 0. The number of anilines is 1. The van der Waals surface area contributed by atoms with Crippen molar-refractivity contribution >= 4 is 31.6 Å². The molecule has 0 aliphatic carbocycles. The Morgan fingerprint density at radius 3 is 2.44 bits per heavy atom. The van der Waals surface area contributed by atoms with Crippen LogP contribution in [-0.2, 0) is 31.7 Å². The van der Waals surface area contributed by atoms with Gasteiger partial charge >= 0.3 is 0 Å². The van der Waals surface area contributed by atoms with Crippen LogP contribution in [0.25, 0.3) is 0 Å². The van der Waals surface area contributed by atoms with Gasteiger partial charge in [0, 0.05) is 19.5 Å². The first-order chi connectivity index (χ1) is 7.99. The highest BCUT2D eigenvalue weighted by Crippen LogP contribution is 2.17. The zero-order valence-corrected chi connectivity index (χ0v) is 11.2. The molecular weight excluding hydrogens is 284 g/mol. The minimum Gasteiger partial charge on any atom is -0.307 e. The van der Waals surface area contributed by atoms with Crippen molar-refractivity contribution < 1.29 is 21.6 Å². The van der Waals surface area contributed by atoms with Crippen LogP contribution in [0, 0.1) is 0 Å². The normalized spacial score (nSPS) is 12.4. The van der Waals surface area contributed by atoms with Gasteiger partial charge in [0.25, 0.3) is 0 Å². The van der Waals surface area contributed by atoms with Crippen LogP contribution in [0.3, 0.4) is 0 Å². The minimum absolute atomic E-state index is 0.298. The topological polar surface area (TPSA) is 141 Å². The zero-order valence-electron chi connectivity index (χ0n) is 9.61. The smallest absolute Gasteiger partial charge is 0.243 e. The van der Waals surface area contributed by atoms with Crippen LogP contribution in [0.2, 0.25) is 0 Å². The highest BCUT2D eigenvalue weighted by Gasteiger charge is 2.21. The summed E-state index contributed by atoms with van der Waals surface area (Å²) in [6.07, 6.45) is 1.98. The molecule has 0 fully saturated rings. The highest BCUT2D eigenvalue weighted by atomic mass is 32.2. The predicted molar refractivity (Wildman–Crippen MR) is 62.9 cm³/mol. The van der Waals surface area contributed by atoms with Crippen molar-refractivity contribution in [2.75, 3.05) is 17.3 Å².